The van der Waals surface area contributed by atoms with Crippen LogP contribution in [0.3, 0.4) is 0 Å². The molecule has 5 heteroatoms. The third-order valence-corrected chi connectivity index (χ3v) is 5.07. The van der Waals surface area contributed by atoms with Crippen LogP contribution in [0.2, 0.25) is 0 Å². The van der Waals surface area contributed by atoms with Crippen molar-refractivity contribution in [2.75, 3.05) is 5.32 Å². The van der Waals surface area contributed by atoms with Crippen molar-refractivity contribution in [3.8, 4) is 0 Å². The minimum atomic E-state index is 0.906. The summed E-state index contributed by atoms with van der Waals surface area (Å²) in [5.41, 5.74) is 3.27. The van der Waals surface area contributed by atoms with Gasteiger partial charge in [-0.3, -0.25) is 0 Å². The van der Waals surface area contributed by atoms with Crippen molar-refractivity contribution >= 4 is 64.2 Å². The lowest BCUT2D eigenvalue weighted by Gasteiger charge is -2.04. The second kappa shape index (κ2) is 5.23. The zero-order valence-electron chi connectivity index (χ0n) is 10.1. The quantitative estimate of drug-likeness (QED) is 0.584. The number of hydrogen-bond donors (Lipinski definition) is 1. The highest BCUT2D eigenvalue weighted by Gasteiger charge is 2.05. The number of anilines is 2. The van der Waals surface area contributed by atoms with Gasteiger partial charge in [0.1, 0.15) is 0 Å². The lowest BCUT2D eigenvalue weighted by Crippen LogP contribution is -1.89. The van der Waals surface area contributed by atoms with Gasteiger partial charge in [-0.15, -0.1) is 0 Å². The molecule has 3 rings (SSSR count). The van der Waals surface area contributed by atoms with E-state index in [1.165, 1.54) is 10.3 Å². The van der Waals surface area contributed by atoms with E-state index in [1.807, 2.05) is 12.1 Å². The molecule has 0 aliphatic heterocycles. The van der Waals surface area contributed by atoms with Gasteiger partial charge >= 0.3 is 0 Å². The molecule has 0 saturated heterocycles. The number of thiazole rings is 1. The van der Waals surface area contributed by atoms with E-state index < -0.39 is 0 Å². The highest BCUT2D eigenvalue weighted by molar-refractivity contribution is 9.10. The Hall–Kier alpha value is -0.910. The Morgan fingerprint density at radius 2 is 1.95 bits per heavy atom. The molecule has 0 bridgehead atoms. The third kappa shape index (κ3) is 2.83. The SMILES string of the molecule is Cc1ccc(Nc2nc3cc(Br)ccc3s2)cc1Br. The van der Waals surface area contributed by atoms with Crippen LogP contribution < -0.4 is 5.32 Å². The topological polar surface area (TPSA) is 24.9 Å². The minimum Gasteiger partial charge on any atom is -0.331 e. The molecule has 0 spiro atoms. The Balaban J connectivity index is 1.94. The normalized spacial score (nSPS) is 10.9. The summed E-state index contributed by atoms with van der Waals surface area (Å²) in [6, 6.07) is 12.3. The molecule has 0 amide bonds. The van der Waals surface area contributed by atoms with E-state index >= 15 is 0 Å². The largest absolute Gasteiger partial charge is 0.331 e. The summed E-state index contributed by atoms with van der Waals surface area (Å²) in [5, 5.41) is 4.25. The molecule has 2 nitrogen and oxygen atoms in total. The van der Waals surface area contributed by atoms with E-state index in [9.17, 15) is 0 Å². The number of hydrogen-bond acceptors (Lipinski definition) is 3. The van der Waals surface area contributed by atoms with E-state index in [2.05, 4.69) is 73.3 Å². The molecule has 0 unspecified atom stereocenters. The van der Waals surface area contributed by atoms with Crippen molar-refractivity contribution < 1.29 is 0 Å². The molecule has 2 aromatic carbocycles. The van der Waals surface area contributed by atoms with E-state index in [1.54, 1.807) is 11.3 Å². The lowest BCUT2D eigenvalue weighted by atomic mass is 10.2. The van der Waals surface area contributed by atoms with Crippen LogP contribution in [0.15, 0.2) is 45.3 Å². The molecule has 19 heavy (non-hydrogen) atoms. The first-order chi connectivity index (χ1) is 9.11. The first-order valence-electron chi connectivity index (χ1n) is 5.71. The molecule has 1 heterocycles. The zero-order valence-corrected chi connectivity index (χ0v) is 14.1. The summed E-state index contributed by atoms with van der Waals surface area (Å²) in [4.78, 5) is 4.58. The maximum absolute atomic E-state index is 4.58. The Bertz CT molecular complexity index is 752. The highest BCUT2D eigenvalue weighted by atomic mass is 79.9. The molecule has 1 aromatic heterocycles. The van der Waals surface area contributed by atoms with Crippen molar-refractivity contribution in [3.63, 3.8) is 0 Å². The van der Waals surface area contributed by atoms with Gasteiger partial charge in [-0.25, -0.2) is 4.98 Å². The fourth-order valence-electron chi connectivity index (χ4n) is 1.75. The summed E-state index contributed by atoms with van der Waals surface area (Å²) < 4.78 is 3.33. The summed E-state index contributed by atoms with van der Waals surface area (Å²) >= 11 is 8.66. The predicted octanol–water partition coefficient (Wildman–Crippen LogP) is 5.87. The number of aromatic nitrogens is 1. The standard InChI is InChI=1S/C14H10Br2N2S/c1-8-2-4-10(7-11(8)16)17-14-18-12-6-9(15)3-5-13(12)19-14/h2-7H,1H3,(H,17,18). The number of nitrogens with one attached hydrogen (secondary N) is 1. The average molecular weight is 398 g/mol. The summed E-state index contributed by atoms with van der Waals surface area (Å²) in [6.07, 6.45) is 0. The first-order valence-corrected chi connectivity index (χ1v) is 8.11. The number of nitrogens with zero attached hydrogens (tertiary/aromatic N) is 1. The number of rotatable bonds is 2. The number of halogens is 2. The fraction of sp³-hybridized carbons (Fsp3) is 0.0714. The van der Waals surface area contributed by atoms with Crippen molar-refractivity contribution in [2.24, 2.45) is 0 Å². The molecule has 3 aromatic rings. The smallest absolute Gasteiger partial charge is 0.188 e. The van der Waals surface area contributed by atoms with Crippen LogP contribution in [-0.4, -0.2) is 4.98 Å². The van der Waals surface area contributed by atoms with Crippen LogP contribution in [0, 0.1) is 6.92 Å². The van der Waals surface area contributed by atoms with E-state index in [4.69, 9.17) is 0 Å². The van der Waals surface area contributed by atoms with Crippen molar-refractivity contribution in [2.45, 2.75) is 6.92 Å². The van der Waals surface area contributed by atoms with Gasteiger partial charge in [0.2, 0.25) is 0 Å². The Labute approximate surface area is 132 Å². The Morgan fingerprint density at radius 1 is 1.11 bits per heavy atom. The zero-order chi connectivity index (χ0) is 13.4. The summed E-state index contributed by atoms with van der Waals surface area (Å²) in [5.74, 6) is 0. The molecule has 0 aliphatic rings. The summed E-state index contributed by atoms with van der Waals surface area (Å²) in [6.45, 7) is 2.07. The molecular weight excluding hydrogens is 388 g/mol. The third-order valence-electron chi connectivity index (χ3n) is 2.77. The first kappa shape index (κ1) is 13.1. The fourth-order valence-corrected chi connectivity index (χ4v) is 3.34. The molecule has 0 radical (unpaired) electrons. The van der Waals surface area contributed by atoms with Crippen LogP contribution in [0.5, 0.6) is 0 Å². The maximum atomic E-state index is 4.58. The van der Waals surface area contributed by atoms with Gasteiger partial charge in [-0.1, -0.05) is 49.3 Å². The Morgan fingerprint density at radius 3 is 2.74 bits per heavy atom. The average Bonchev–Trinajstić information content (AvgIpc) is 2.75. The summed E-state index contributed by atoms with van der Waals surface area (Å²) in [7, 11) is 0. The van der Waals surface area contributed by atoms with Gasteiger partial charge in [-0.2, -0.15) is 0 Å². The van der Waals surface area contributed by atoms with Crippen molar-refractivity contribution in [1.29, 1.82) is 0 Å². The molecule has 96 valence electrons. The van der Waals surface area contributed by atoms with Crippen molar-refractivity contribution in [1.82, 2.24) is 4.98 Å². The number of aryl methyl sites for hydroxylation is 1. The number of fused-ring (bicyclic) bond motifs is 1. The van der Waals surface area contributed by atoms with E-state index in [0.717, 1.165) is 25.3 Å². The van der Waals surface area contributed by atoms with Crippen LogP contribution in [0.25, 0.3) is 10.2 Å². The second-order valence-electron chi connectivity index (χ2n) is 4.22. The van der Waals surface area contributed by atoms with Gasteiger partial charge in [0, 0.05) is 14.6 Å². The molecular formula is C14H10Br2N2S. The maximum Gasteiger partial charge on any atom is 0.188 e. The minimum absolute atomic E-state index is 0.906. The van der Waals surface area contributed by atoms with Crippen LogP contribution in [0.1, 0.15) is 5.56 Å². The lowest BCUT2D eigenvalue weighted by molar-refractivity contribution is 1.40. The van der Waals surface area contributed by atoms with Crippen LogP contribution in [-0.2, 0) is 0 Å². The van der Waals surface area contributed by atoms with E-state index in [0.29, 0.717) is 0 Å². The van der Waals surface area contributed by atoms with Gasteiger partial charge in [-0.05, 0) is 42.8 Å². The second-order valence-corrected chi connectivity index (χ2v) is 7.02. The molecule has 0 fully saturated rings. The van der Waals surface area contributed by atoms with Crippen molar-refractivity contribution in [3.05, 3.63) is 50.9 Å². The highest BCUT2D eigenvalue weighted by Crippen LogP contribution is 2.31. The molecule has 0 atom stereocenters. The molecule has 0 saturated carbocycles. The predicted molar refractivity (Wildman–Crippen MR) is 89.5 cm³/mol. The monoisotopic (exact) mass is 396 g/mol. The van der Waals surface area contributed by atoms with Gasteiger partial charge in [0.25, 0.3) is 0 Å². The van der Waals surface area contributed by atoms with Gasteiger partial charge < -0.3 is 5.32 Å². The van der Waals surface area contributed by atoms with Crippen LogP contribution >= 0.6 is 43.2 Å². The van der Waals surface area contributed by atoms with Gasteiger partial charge in [0.15, 0.2) is 5.13 Å². The van der Waals surface area contributed by atoms with E-state index in [-0.39, 0.29) is 0 Å². The van der Waals surface area contributed by atoms with Crippen LogP contribution in [0.4, 0.5) is 10.8 Å². The molecule has 0 aliphatic carbocycles. The number of benzene rings is 2. The molecule has 1 N–H and O–H groups in total. The Kier molecular flexibility index (Phi) is 3.60. The van der Waals surface area contributed by atoms with Gasteiger partial charge in [0.05, 0.1) is 10.2 Å².